The van der Waals surface area contributed by atoms with E-state index in [0.29, 0.717) is 23.6 Å². The SMILES string of the molecule is C=CC[C@@H](C)CNC(=O)c1ccc2c(c1)C(=O)NC2=O. The Bertz CT molecular complexity index is 593. The Labute approximate surface area is 117 Å². The Hall–Kier alpha value is -2.43. The average Bonchev–Trinajstić information content (AvgIpc) is 2.71. The lowest BCUT2D eigenvalue weighted by Gasteiger charge is -2.10. The molecule has 0 saturated carbocycles. The van der Waals surface area contributed by atoms with E-state index in [2.05, 4.69) is 17.2 Å². The van der Waals surface area contributed by atoms with Crippen LogP contribution in [-0.2, 0) is 0 Å². The molecule has 0 unspecified atom stereocenters. The largest absolute Gasteiger partial charge is 0.352 e. The second kappa shape index (κ2) is 5.69. The van der Waals surface area contributed by atoms with Crippen LogP contribution >= 0.6 is 0 Å². The van der Waals surface area contributed by atoms with Crippen LogP contribution in [0, 0.1) is 5.92 Å². The molecule has 1 atom stereocenters. The van der Waals surface area contributed by atoms with Crippen molar-refractivity contribution in [2.24, 2.45) is 5.92 Å². The van der Waals surface area contributed by atoms with Gasteiger partial charge < -0.3 is 5.32 Å². The molecule has 0 bridgehead atoms. The lowest BCUT2D eigenvalue weighted by molar-refractivity contribution is 0.0878. The summed E-state index contributed by atoms with van der Waals surface area (Å²) >= 11 is 0. The fourth-order valence-electron chi connectivity index (χ4n) is 2.05. The summed E-state index contributed by atoms with van der Waals surface area (Å²) in [6.45, 7) is 6.20. The van der Waals surface area contributed by atoms with Gasteiger partial charge in [0, 0.05) is 12.1 Å². The second-order valence-corrected chi connectivity index (χ2v) is 4.88. The second-order valence-electron chi connectivity index (χ2n) is 4.88. The van der Waals surface area contributed by atoms with Crippen LogP contribution in [0.5, 0.6) is 0 Å². The van der Waals surface area contributed by atoms with Crippen LogP contribution in [0.15, 0.2) is 30.9 Å². The van der Waals surface area contributed by atoms with Crippen LogP contribution in [0.3, 0.4) is 0 Å². The van der Waals surface area contributed by atoms with Gasteiger partial charge in [-0.05, 0) is 30.5 Å². The zero-order valence-corrected chi connectivity index (χ0v) is 11.2. The van der Waals surface area contributed by atoms with E-state index >= 15 is 0 Å². The van der Waals surface area contributed by atoms with E-state index in [1.165, 1.54) is 12.1 Å². The molecule has 1 aliphatic heterocycles. The Morgan fingerprint density at radius 2 is 2.05 bits per heavy atom. The van der Waals surface area contributed by atoms with Gasteiger partial charge in [-0.3, -0.25) is 19.7 Å². The summed E-state index contributed by atoms with van der Waals surface area (Å²) in [4.78, 5) is 34.9. The fraction of sp³-hybridized carbons (Fsp3) is 0.267. The number of imide groups is 1. The number of hydrogen-bond acceptors (Lipinski definition) is 3. The Morgan fingerprint density at radius 1 is 1.35 bits per heavy atom. The molecule has 1 aliphatic rings. The molecular formula is C15H16N2O3. The molecule has 1 aromatic rings. The minimum Gasteiger partial charge on any atom is -0.352 e. The summed E-state index contributed by atoms with van der Waals surface area (Å²) in [5, 5.41) is 4.99. The molecule has 0 aromatic heterocycles. The van der Waals surface area contributed by atoms with Gasteiger partial charge >= 0.3 is 0 Å². The normalized spacial score (nSPS) is 14.4. The summed E-state index contributed by atoms with van der Waals surface area (Å²) in [6.07, 6.45) is 2.63. The third kappa shape index (κ3) is 2.77. The summed E-state index contributed by atoms with van der Waals surface area (Å²) in [6, 6.07) is 4.49. The number of carbonyl (C=O) groups excluding carboxylic acids is 3. The predicted molar refractivity (Wildman–Crippen MR) is 74.5 cm³/mol. The van der Waals surface area contributed by atoms with Gasteiger partial charge in [-0.1, -0.05) is 13.0 Å². The zero-order valence-electron chi connectivity index (χ0n) is 11.2. The van der Waals surface area contributed by atoms with Gasteiger partial charge in [0.25, 0.3) is 17.7 Å². The third-order valence-corrected chi connectivity index (χ3v) is 3.18. The molecule has 0 saturated heterocycles. The van der Waals surface area contributed by atoms with E-state index < -0.39 is 11.8 Å². The summed E-state index contributed by atoms with van der Waals surface area (Å²) in [5.41, 5.74) is 0.938. The van der Waals surface area contributed by atoms with Crippen molar-refractivity contribution in [2.75, 3.05) is 6.54 Å². The van der Waals surface area contributed by atoms with Crippen LogP contribution in [0.25, 0.3) is 0 Å². The van der Waals surface area contributed by atoms with Crippen LogP contribution < -0.4 is 10.6 Å². The number of benzene rings is 1. The topological polar surface area (TPSA) is 75.3 Å². The van der Waals surface area contributed by atoms with Crippen molar-refractivity contribution in [3.8, 4) is 0 Å². The van der Waals surface area contributed by atoms with Gasteiger partial charge in [-0.25, -0.2) is 0 Å². The summed E-state index contributed by atoms with van der Waals surface area (Å²) in [5.74, 6) is -0.831. The molecule has 5 heteroatoms. The molecule has 0 aliphatic carbocycles. The quantitative estimate of drug-likeness (QED) is 0.630. The maximum absolute atomic E-state index is 12.0. The first-order chi connectivity index (χ1) is 9.52. The number of nitrogens with one attached hydrogen (secondary N) is 2. The average molecular weight is 272 g/mol. The van der Waals surface area contributed by atoms with E-state index in [4.69, 9.17) is 0 Å². The highest BCUT2D eigenvalue weighted by Gasteiger charge is 2.27. The standard InChI is InChI=1S/C15H16N2O3/c1-3-4-9(2)8-16-13(18)10-5-6-11-12(7-10)15(20)17-14(11)19/h3,5-7,9H,1,4,8H2,2H3,(H,16,18)(H,17,19,20)/t9-/m1/s1. The number of hydrogen-bond donors (Lipinski definition) is 2. The molecule has 3 amide bonds. The van der Waals surface area contributed by atoms with Gasteiger partial charge in [0.1, 0.15) is 0 Å². The van der Waals surface area contributed by atoms with Crippen molar-refractivity contribution in [1.82, 2.24) is 10.6 Å². The van der Waals surface area contributed by atoms with Crippen molar-refractivity contribution < 1.29 is 14.4 Å². The van der Waals surface area contributed by atoms with Crippen LogP contribution in [0.2, 0.25) is 0 Å². The van der Waals surface area contributed by atoms with Crippen molar-refractivity contribution in [2.45, 2.75) is 13.3 Å². The van der Waals surface area contributed by atoms with Crippen molar-refractivity contribution in [1.29, 1.82) is 0 Å². The minimum absolute atomic E-state index is 0.252. The lowest BCUT2D eigenvalue weighted by Crippen LogP contribution is -2.28. The zero-order chi connectivity index (χ0) is 14.7. The Kier molecular flexibility index (Phi) is 3.98. The lowest BCUT2D eigenvalue weighted by atomic mass is 10.0. The first-order valence-corrected chi connectivity index (χ1v) is 6.41. The number of carbonyl (C=O) groups is 3. The maximum atomic E-state index is 12.0. The molecule has 5 nitrogen and oxygen atoms in total. The highest BCUT2D eigenvalue weighted by molar-refractivity contribution is 6.22. The van der Waals surface area contributed by atoms with E-state index in [9.17, 15) is 14.4 Å². The van der Waals surface area contributed by atoms with Gasteiger partial charge in [-0.15, -0.1) is 6.58 Å². The van der Waals surface area contributed by atoms with Gasteiger partial charge in [0.15, 0.2) is 0 Å². The van der Waals surface area contributed by atoms with Gasteiger partial charge in [0.2, 0.25) is 0 Å². The molecule has 1 aromatic carbocycles. The van der Waals surface area contributed by atoms with E-state index in [1.807, 2.05) is 13.0 Å². The molecule has 0 radical (unpaired) electrons. The minimum atomic E-state index is -0.459. The van der Waals surface area contributed by atoms with E-state index in [0.717, 1.165) is 6.42 Å². The first-order valence-electron chi connectivity index (χ1n) is 6.41. The van der Waals surface area contributed by atoms with Crippen molar-refractivity contribution in [3.05, 3.63) is 47.5 Å². The van der Waals surface area contributed by atoms with Crippen LogP contribution in [-0.4, -0.2) is 24.3 Å². The summed E-state index contributed by atoms with van der Waals surface area (Å²) < 4.78 is 0. The Morgan fingerprint density at radius 3 is 2.75 bits per heavy atom. The monoisotopic (exact) mass is 272 g/mol. The maximum Gasteiger partial charge on any atom is 0.258 e. The smallest absolute Gasteiger partial charge is 0.258 e. The molecular weight excluding hydrogens is 256 g/mol. The molecule has 104 valence electrons. The molecule has 20 heavy (non-hydrogen) atoms. The van der Waals surface area contributed by atoms with Crippen molar-refractivity contribution >= 4 is 17.7 Å². The number of rotatable bonds is 5. The molecule has 2 N–H and O–H groups in total. The number of allylic oxidation sites excluding steroid dienone is 1. The van der Waals surface area contributed by atoms with E-state index in [-0.39, 0.29) is 11.5 Å². The van der Waals surface area contributed by atoms with Gasteiger partial charge in [-0.2, -0.15) is 0 Å². The highest BCUT2D eigenvalue weighted by Crippen LogP contribution is 2.17. The predicted octanol–water partition coefficient (Wildman–Crippen LogP) is 1.51. The number of fused-ring (bicyclic) bond motifs is 1. The Balaban J connectivity index is 2.09. The van der Waals surface area contributed by atoms with Crippen molar-refractivity contribution in [3.63, 3.8) is 0 Å². The molecule has 2 rings (SSSR count). The van der Waals surface area contributed by atoms with E-state index in [1.54, 1.807) is 6.07 Å². The first kappa shape index (κ1) is 14.0. The van der Waals surface area contributed by atoms with Crippen LogP contribution in [0.4, 0.5) is 0 Å². The third-order valence-electron chi connectivity index (χ3n) is 3.18. The highest BCUT2D eigenvalue weighted by atomic mass is 16.2. The summed E-state index contributed by atoms with van der Waals surface area (Å²) in [7, 11) is 0. The molecule has 1 heterocycles. The van der Waals surface area contributed by atoms with Gasteiger partial charge in [0.05, 0.1) is 11.1 Å². The number of amides is 3. The van der Waals surface area contributed by atoms with Crippen LogP contribution in [0.1, 0.15) is 44.4 Å². The fourth-order valence-corrected chi connectivity index (χ4v) is 2.05. The molecule has 0 fully saturated rings. The molecule has 0 spiro atoms.